The van der Waals surface area contributed by atoms with Gasteiger partial charge in [0.2, 0.25) is 6.33 Å². The van der Waals surface area contributed by atoms with Crippen molar-refractivity contribution in [3.05, 3.63) is 18.7 Å². The normalized spacial score (nSPS) is 8.54. The van der Waals surface area contributed by atoms with Gasteiger partial charge in [-0.05, 0) is 6.92 Å². The summed E-state index contributed by atoms with van der Waals surface area (Å²) in [5.74, 6) is 0. The number of methoxy groups -OCH3 is 1. The van der Waals surface area contributed by atoms with Gasteiger partial charge in [0.1, 0.15) is 12.4 Å². The molecule has 0 aliphatic carbocycles. The molecule has 0 aliphatic heterocycles. The van der Waals surface area contributed by atoms with E-state index in [-0.39, 0.29) is 0 Å². The van der Waals surface area contributed by atoms with Crippen molar-refractivity contribution in [2.45, 2.75) is 13.5 Å². The zero-order valence-electron chi connectivity index (χ0n) is 8.10. The molecule has 1 heterocycles. The molecule has 5 heteroatoms. The Morgan fingerprint density at radius 2 is 2.23 bits per heavy atom. The van der Waals surface area contributed by atoms with Gasteiger partial charge in [-0.15, -0.1) is 0 Å². The number of rotatable bonds is 1. The molecule has 1 aromatic heterocycles. The summed E-state index contributed by atoms with van der Waals surface area (Å²) in [5, 5.41) is 7.50. The minimum atomic E-state index is -1.25. The number of hydrogen-bond donors (Lipinski definition) is 1. The first-order chi connectivity index (χ1) is 6.10. The molecule has 0 saturated carbocycles. The first-order valence-electron chi connectivity index (χ1n) is 3.88. The van der Waals surface area contributed by atoms with E-state index in [0.29, 0.717) is 0 Å². The predicted molar refractivity (Wildman–Crippen MR) is 46.3 cm³/mol. The van der Waals surface area contributed by atoms with E-state index in [1.165, 1.54) is 0 Å². The topological polar surface area (TPSA) is 55.3 Å². The molecule has 0 fully saturated rings. The highest BCUT2D eigenvalue weighted by Gasteiger charge is 1.92. The van der Waals surface area contributed by atoms with Gasteiger partial charge in [0.15, 0.2) is 0 Å². The van der Waals surface area contributed by atoms with Crippen LogP contribution < -0.4 is 4.57 Å². The van der Waals surface area contributed by atoms with E-state index >= 15 is 0 Å². The molecule has 0 spiro atoms. The molecule has 0 atom stereocenters. The third kappa shape index (κ3) is 5.72. The second-order valence-electron chi connectivity index (χ2n) is 2.38. The monoisotopic (exact) mass is 187 g/mol. The quantitative estimate of drug-likeness (QED) is 0.518. The number of nitrogens with zero attached hydrogens (tertiary/aromatic N) is 2. The van der Waals surface area contributed by atoms with Crippen molar-refractivity contribution in [2.75, 3.05) is 7.11 Å². The minimum Gasteiger partial charge on any atom is -0.450 e. The molecule has 0 saturated heterocycles. The fourth-order valence-electron chi connectivity index (χ4n) is 0.689. The van der Waals surface area contributed by atoms with Crippen LogP contribution in [0.25, 0.3) is 0 Å². The van der Waals surface area contributed by atoms with Gasteiger partial charge in [-0.25, -0.2) is 13.9 Å². The average Bonchev–Trinajstić information content (AvgIpc) is 2.52. The molecule has 1 N–H and O–H groups in total. The Morgan fingerprint density at radius 1 is 1.69 bits per heavy atom. The van der Waals surface area contributed by atoms with Crippen LogP contribution in [-0.2, 0) is 18.3 Å². The van der Waals surface area contributed by atoms with Crippen LogP contribution in [0.4, 0.5) is 4.79 Å². The van der Waals surface area contributed by atoms with Gasteiger partial charge in [0.25, 0.3) is 0 Å². The minimum absolute atomic E-state index is 1.06. The summed E-state index contributed by atoms with van der Waals surface area (Å²) in [7, 11) is 3.12. The lowest BCUT2D eigenvalue weighted by Gasteiger charge is -1.81. The molecule has 1 rings (SSSR count). The van der Waals surface area contributed by atoms with Gasteiger partial charge in [-0.3, -0.25) is 0 Å². The first-order valence-corrected chi connectivity index (χ1v) is 3.88. The fourth-order valence-corrected chi connectivity index (χ4v) is 0.689. The van der Waals surface area contributed by atoms with Gasteiger partial charge in [0.05, 0.1) is 20.7 Å². The summed E-state index contributed by atoms with van der Waals surface area (Å²) in [5.41, 5.74) is 0. The Kier molecular flexibility index (Phi) is 5.34. The first kappa shape index (κ1) is 11.5. The fraction of sp³-hybridized carbons (Fsp3) is 0.500. The Balaban J connectivity index is 0.000000252. The molecule has 0 aromatic carbocycles. The van der Waals surface area contributed by atoms with E-state index < -0.39 is 6.16 Å². The van der Waals surface area contributed by atoms with Crippen LogP contribution in [0.2, 0.25) is 0 Å². The smallest absolute Gasteiger partial charge is 0.450 e. The Morgan fingerprint density at radius 3 is 2.38 bits per heavy atom. The second kappa shape index (κ2) is 6.05. The summed E-state index contributed by atoms with van der Waals surface area (Å²) in [6.45, 7) is 3.18. The zero-order chi connectivity index (χ0) is 10.3. The maximum atomic E-state index is 9.15. The van der Waals surface area contributed by atoms with Crippen LogP contribution >= 0.6 is 0 Å². The highest BCUT2D eigenvalue weighted by atomic mass is 16.6. The summed E-state index contributed by atoms with van der Waals surface area (Å²) in [6.07, 6.45) is 4.90. The second-order valence-corrected chi connectivity index (χ2v) is 2.38. The van der Waals surface area contributed by atoms with Gasteiger partial charge >= 0.3 is 6.16 Å². The SMILES string of the molecule is CCn1cc[n+](C)c1.COC(=O)O. The van der Waals surface area contributed by atoms with Crippen LogP contribution in [0.15, 0.2) is 18.7 Å². The Hall–Kier alpha value is -1.52. The molecule has 5 nitrogen and oxygen atoms in total. The van der Waals surface area contributed by atoms with Crippen molar-refractivity contribution >= 4 is 6.16 Å². The molecule has 0 radical (unpaired) electrons. The van der Waals surface area contributed by atoms with Crippen molar-refractivity contribution in [3.63, 3.8) is 0 Å². The number of carboxylic acid groups (broad SMARTS) is 1. The third-order valence-electron chi connectivity index (χ3n) is 1.36. The van der Waals surface area contributed by atoms with Crippen LogP contribution in [0.5, 0.6) is 0 Å². The number of aromatic nitrogens is 2. The zero-order valence-corrected chi connectivity index (χ0v) is 8.10. The molecular formula is C8H15N2O3+. The van der Waals surface area contributed by atoms with Crippen molar-refractivity contribution in [2.24, 2.45) is 7.05 Å². The molecule has 0 aliphatic rings. The van der Waals surface area contributed by atoms with Crippen LogP contribution in [0.3, 0.4) is 0 Å². The van der Waals surface area contributed by atoms with Gasteiger partial charge < -0.3 is 9.84 Å². The maximum Gasteiger partial charge on any atom is 0.505 e. The molecule has 13 heavy (non-hydrogen) atoms. The van der Waals surface area contributed by atoms with E-state index in [2.05, 4.69) is 28.8 Å². The van der Waals surface area contributed by atoms with Crippen molar-refractivity contribution in [1.82, 2.24) is 4.57 Å². The Bertz CT molecular complexity index is 258. The van der Waals surface area contributed by atoms with E-state index in [9.17, 15) is 0 Å². The number of aryl methyl sites for hydroxylation is 2. The summed E-state index contributed by atoms with van der Waals surface area (Å²) in [6, 6.07) is 0. The van der Waals surface area contributed by atoms with E-state index in [4.69, 9.17) is 9.90 Å². The molecule has 74 valence electrons. The average molecular weight is 187 g/mol. The summed E-state index contributed by atoms with van der Waals surface area (Å²) < 4.78 is 7.82. The lowest BCUT2D eigenvalue weighted by molar-refractivity contribution is -0.671. The number of ether oxygens (including phenoxy) is 1. The molecule has 1 aromatic rings. The van der Waals surface area contributed by atoms with Crippen molar-refractivity contribution in [1.29, 1.82) is 0 Å². The number of imidazole rings is 1. The predicted octanol–water partition coefficient (Wildman–Crippen LogP) is 0.643. The summed E-state index contributed by atoms with van der Waals surface area (Å²) >= 11 is 0. The molecule has 0 bridgehead atoms. The van der Waals surface area contributed by atoms with Gasteiger partial charge in [-0.2, -0.15) is 0 Å². The van der Waals surface area contributed by atoms with Crippen molar-refractivity contribution < 1.29 is 19.2 Å². The lowest BCUT2D eigenvalue weighted by Crippen LogP contribution is -2.23. The highest BCUT2D eigenvalue weighted by Crippen LogP contribution is 1.79. The number of carbonyl (C=O) groups is 1. The summed E-state index contributed by atoms with van der Waals surface area (Å²) in [4.78, 5) is 9.15. The molecule has 0 unspecified atom stereocenters. The van der Waals surface area contributed by atoms with Gasteiger partial charge in [-0.1, -0.05) is 0 Å². The van der Waals surface area contributed by atoms with E-state index in [1.807, 2.05) is 17.8 Å². The van der Waals surface area contributed by atoms with Crippen LogP contribution in [-0.4, -0.2) is 22.9 Å². The highest BCUT2D eigenvalue weighted by molar-refractivity contribution is 5.56. The van der Waals surface area contributed by atoms with Crippen LogP contribution in [0.1, 0.15) is 6.92 Å². The Labute approximate surface area is 77.2 Å². The molecule has 0 amide bonds. The van der Waals surface area contributed by atoms with Crippen LogP contribution in [0, 0.1) is 0 Å². The third-order valence-corrected chi connectivity index (χ3v) is 1.36. The lowest BCUT2D eigenvalue weighted by atomic mass is 10.7. The maximum absolute atomic E-state index is 9.15. The number of hydrogen-bond acceptors (Lipinski definition) is 2. The van der Waals surface area contributed by atoms with E-state index in [1.54, 1.807) is 0 Å². The van der Waals surface area contributed by atoms with Gasteiger partial charge in [0, 0.05) is 0 Å². The van der Waals surface area contributed by atoms with Crippen molar-refractivity contribution in [3.8, 4) is 0 Å². The van der Waals surface area contributed by atoms with E-state index in [0.717, 1.165) is 13.7 Å². The largest absolute Gasteiger partial charge is 0.505 e. The standard InChI is InChI=1S/C6H11N2.C2H4O3/c1-3-8-5-4-7(2)6-8;1-5-2(3)4/h4-6H,3H2,1-2H3;1H3,(H,3,4)/q+1;. The molecular weight excluding hydrogens is 172 g/mol.